The molecule has 1 saturated heterocycles. The molecule has 3 nitrogen and oxygen atoms in total. The molecular weight excluding hydrogens is 260 g/mol. The molecule has 1 aromatic carbocycles. The zero-order valence-corrected chi connectivity index (χ0v) is 12.9. The first-order valence-corrected chi connectivity index (χ1v) is 8.10. The molecule has 0 unspecified atom stereocenters. The summed E-state index contributed by atoms with van der Waals surface area (Å²) in [6.07, 6.45) is 5.37. The Morgan fingerprint density at radius 2 is 2.14 bits per heavy atom. The van der Waals surface area contributed by atoms with Gasteiger partial charge in [0.1, 0.15) is 0 Å². The van der Waals surface area contributed by atoms with Crippen LogP contribution in [0.15, 0.2) is 35.9 Å². The molecule has 1 atom stereocenters. The highest BCUT2D eigenvalue weighted by Crippen LogP contribution is 2.28. The van der Waals surface area contributed by atoms with Gasteiger partial charge >= 0.3 is 0 Å². The van der Waals surface area contributed by atoms with Gasteiger partial charge in [0.25, 0.3) is 0 Å². The first-order valence-electron chi connectivity index (χ1n) is 8.10. The fraction of sp³-hybridized carbons (Fsp3) is 0.556. The van der Waals surface area contributed by atoms with Gasteiger partial charge in [-0.2, -0.15) is 0 Å². The summed E-state index contributed by atoms with van der Waals surface area (Å²) < 4.78 is 5.86. The lowest BCUT2D eigenvalue weighted by Gasteiger charge is -2.33. The Bertz CT molecular complexity index is 467. The molecule has 2 aliphatic rings. The van der Waals surface area contributed by atoms with Crippen molar-refractivity contribution >= 4 is 6.08 Å². The van der Waals surface area contributed by atoms with Crippen LogP contribution in [0.3, 0.4) is 0 Å². The summed E-state index contributed by atoms with van der Waals surface area (Å²) in [7, 11) is 0. The van der Waals surface area contributed by atoms with E-state index < -0.39 is 0 Å². The van der Waals surface area contributed by atoms with Crippen LogP contribution >= 0.6 is 0 Å². The minimum absolute atomic E-state index is 0.351. The molecule has 1 aliphatic carbocycles. The fourth-order valence-electron chi connectivity index (χ4n) is 2.95. The molecule has 0 amide bonds. The van der Waals surface area contributed by atoms with Crippen LogP contribution in [0.4, 0.5) is 0 Å². The van der Waals surface area contributed by atoms with Gasteiger partial charge in [-0.15, -0.1) is 0 Å². The van der Waals surface area contributed by atoms with Crippen molar-refractivity contribution in [3.63, 3.8) is 0 Å². The second kappa shape index (κ2) is 7.21. The summed E-state index contributed by atoms with van der Waals surface area (Å²) in [5.74, 6) is 0. The van der Waals surface area contributed by atoms with Crippen molar-refractivity contribution in [2.75, 3.05) is 32.8 Å². The third kappa shape index (κ3) is 4.67. The molecule has 3 heteroatoms. The minimum atomic E-state index is 0.351. The van der Waals surface area contributed by atoms with Gasteiger partial charge in [-0.05, 0) is 25.3 Å². The molecule has 114 valence electrons. The van der Waals surface area contributed by atoms with Gasteiger partial charge in [0.2, 0.25) is 0 Å². The highest BCUT2D eigenvalue weighted by molar-refractivity contribution is 5.52. The van der Waals surface area contributed by atoms with Gasteiger partial charge in [0.05, 0.1) is 12.7 Å². The third-order valence-electron chi connectivity index (χ3n) is 4.22. The van der Waals surface area contributed by atoms with Crippen molar-refractivity contribution in [1.29, 1.82) is 0 Å². The van der Waals surface area contributed by atoms with E-state index in [0.29, 0.717) is 6.10 Å². The topological polar surface area (TPSA) is 24.5 Å². The Morgan fingerprint density at radius 1 is 1.33 bits per heavy atom. The van der Waals surface area contributed by atoms with Crippen LogP contribution < -0.4 is 5.32 Å². The van der Waals surface area contributed by atoms with Gasteiger partial charge in [-0.1, -0.05) is 42.0 Å². The summed E-state index contributed by atoms with van der Waals surface area (Å²) in [6.45, 7) is 7.16. The van der Waals surface area contributed by atoms with E-state index in [-0.39, 0.29) is 0 Å². The molecule has 0 radical (unpaired) electrons. The van der Waals surface area contributed by atoms with Crippen molar-refractivity contribution < 1.29 is 4.74 Å². The van der Waals surface area contributed by atoms with E-state index in [1.807, 2.05) is 0 Å². The van der Waals surface area contributed by atoms with Crippen LogP contribution in [0.1, 0.15) is 25.3 Å². The Morgan fingerprint density at radius 3 is 2.90 bits per heavy atom. The van der Waals surface area contributed by atoms with E-state index in [4.69, 9.17) is 4.74 Å². The highest BCUT2D eigenvalue weighted by Gasteiger charge is 2.32. The lowest BCUT2D eigenvalue weighted by atomic mass is 10.1. The fourth-order valence-corrected chi connectivity index (χ4v) is 2.95. The molecule has 1 N–H and O–H groups in total. The number of morpholine rings is 1. The molecular formula is C18H26N2O. The Balaban J connectivity index is 1.40. The number of ether oxygens (including phenoxy) is 1. The molecule has 21 heavy (non-hydrogen) atoms. The minimum Gasteiger partial charge on any atom is -0.374 e. The normalized spacial score (nSPS) is 24.2. The molecule has 1 aromatic rings. The maximum atomic E-state index is 5.86. The smallest absolute Gasteiger partial charge is 0.0826 e. The summed E-state index contributed by atoms with van der Waals surface area (Å²) in [4.78, 5) is 2.60. The van der Waals surface area contributed by atoms with Crippen LogP contribution in [-0.4, -0.2) is 49.8 Å². The first kappa shape index (κ1) is 14.8. The van der Waals surface area contributed by atoms with E-state index in [9.17, 15) is 0 Å². The van der Waals surface area contributed by atoms with E-state index >= 15 is 0 Å². The van der Waals surface area contributed by atoms with Crippen molar-refractivity contribution in [3.05, 3.63) is 41.5 Å². The van der Waals surface area contributed by atoms with Crippen molar-refractivity contribution in [1.82, 2.24) is 10.2 Å². The van der Waals surface area contributed by atoms with Crippen molar-refractivity contribution in [2.24, 2.45) is 0 Å². The van der Waals surface area contributed by atoms with E-state index in [0.717, 1.165) is 38.8 Å². The Hall–Kier alpha value is -1.16. The number of hydrogen-bond donors (Lipinski definition) is 1. The molecule has 0 aromatic heterocycles. The Kier molecular flexibility index (Phi) is 5.07. The molecule has 1 heterocycles. The van der Waals surface area contributed by atoms with Gasteiger partial charge in [0.15, 0.2) is 0 Å². The second-order valence-electron chi connectivity index (χ2n) is 6.25. The lowest BCUT2D eigenvalue weighted by Crippen LogP contribution is -2.47. The van der Waals surface area contributed by atoms with Crippen LogP contribution in [0.25, 0.3) is 6.08 Å². The number of nitrogens with one attached hydrogen (secondary N) is 1. The van der Waals surface area contributed by atoms with Gasteiger partial charge in [-0.25, -0.2) is 0 Å². The van der Waals surface area contributed by atoms with E-state index in [1.165, 1.54) is 24.0 Å². The summed E-state index contributed by atoms with van der Waals surface area (Å²) >= 11 is 0. The Labute approximate surface area is 128 Å². The molecule has 1 saturated carbocycles. The van der Waals surface area contributed by atoms with Gasteiger partial charge < -0.3 is 10.1 Å². The monoisotopic (exact) mass is 286 g/mol. The van der Waals surface area contributed by atoms with Crippen LogP contribution in [-0.2, 0) is 4.74 Å². The standard InChI is InChI=1S/C18H26N2O/c1-15(11-16-5-3-2-4-6-16)12-19-13-18-14-20(9-10-21-18)17-7-8-17/h2-6,11,17-19H,7-10,12-14H2,1H3/b15-11-/t18-/m0/s1. The maximum absolute atomic E-state index is 5.86. The molecule has 2 fully saturated rings. The zero-order valence-electron chi connectivity index (χ0n) is 12.9. The predicted octanol–water partition coefficient (Wildman–Crippen LogP) is 2.54. The third-order valence-corrected chi connectivity index (χ3v) is 4.22. The number of hydrogen-bond acceptors (Lipinski definition) is 3. The van der Waals surface area contributed by atoms with Crippen LogP contribution in [0.2, 0.25) is 0 Å². The zero-order chi connectivity index (χ0) is 14.5. The van der Waals surface area contributed by atoms with Crippen LogP contribution in [0.5, 0.6) is 0 Å². The highest BCUT2D eigenvalue weighted by atomic mass is 16.5. The van der Waals surface area contributed by atoms with E-state index in [2.05, 4.69) is 53.5 Å². The van der Waals surface area contributed by atoms with Gasteiger partial charge in [-0.3, -0.25) is 4.90 Å². The summed E-state index contributed by atoms with van der Waals surface area (Å²) in [5, 5.41) is 3.54. The molecule has 3 rings (SSSR count). The summed E-state index contributed by atoms with van der Waals surface area (Å²) in [6, 6.07) is 11.3. The SMILES string of the molecule is C/C(=C/c1ccccc1)CNC[C@H]1CN(C2CC2)CCO1. The number of rotatable bonds is 6. The largest absolute Gasteiger partial charge is 0.374 e. The number of benzene rings is 1. The maximum Gasteiger partial charge on any atom is 0.0826 e. The first-order chi connectivity index (χ1) is 10.3. The van der Waals surface area contributed by atoms with Crippen LogP contribution in [0, 0.1) is 0 Å². The van der Waals surface area contributed by atoms with Crippen molar-refractivity contribution in [2.45, 2.75) is 31.9 Å². The van der Waals surface area contributed by atoms with E-state index in [1.54, 1.807) is 0 Å². The second-order valence-corrected chi connectivity index (χ2v) is 6.25. The molecule has 0 bridgehead atoms. The molecule has 0 spiro atoms. The quantitative estimate of drug-likeness (QED) is 0.870. The molecule has 1 aliphatic heterocycles. The lowest BCUT2D eigenvalue weighted by molar-refractivity contribution is -0.0296. The number of nitrogens with zero attached hydrogens (tertiary/aromatic N) is 1. The van der Waals surface area contributed by atoms with Gasteiger partial charge in [0, 0.05) is 32.2 Å². The van der Waals surface area contributed by atoms with Crippen molar-refractivity contribution in [3.8, 4) is 0 Å². The average Bonchev–Trinajstić information content (AvgIpc) is 3.33. The summed E-state index contributed by atoms with van der Waals surface area (Å²) in [5.41, 5.74) is 2.63. The average molecular weight is 286 g/mol. The predicted molar refractivity (Wildman–Crippen MR) is 87.3 cm³/mol.